The van der Waals surface area contributed by atoms with Crippen molar-refractivity contribution in [1.82, 2.24) is 5.32 Å². The highest BCUT2D eigenvalue weighted by Crippen LogP contribution is 1.96. The van der Waals surface area contributed by atoms with Crippen molar-refractivity contribution in [3.63, 3.8) is 0 Å². The van der Waals surface area contributed by atoms with Crippen molar-refractivity contribution in [3.8, 4) is 0 Å². The van der Waals surface area contributed by atoms with Gasteiger partial charge in [-0.3, -0.25) is 0 Å². The minimum absolute atomic E-state index is 0.458. The smallest absolute Gasteiger partial charge is 0.102 e. The van der Waals surface area contributed by atoms with Crippen molar-refractivity contribution in [2.75, 3.05) is 0 Å². The summed E-state index contributed by atoms with van der Waals surface area (Å²) in [6, 6.07) is 0. The molecule has 3 heteroatoms. The molecule has 0 aromatic rings. The van der Waals surface area contributed by atoms with Crippen molar-refractivity contribution in [2.24, 2.45) is 5.73 Å². The molecule has 3 nitrogen and oxygen atoms in total. The second kappa shape index (κ2) is 5.18. The lowest BCUT2D eigenvalue weighted by atomic mass is 10.3. The van der Waals surface area contributed by atoms with Gasteiger partial charge in [-0.2, -0.15) is 0 Å². The predicted octanol–water partition coefficient (Wildman–Crippen LogP) is 1.51. The van der Waals surface area contributed by atoms with Crippen LogP contribution < -0.4 is 11.1 Å². The SMILES string of the molecule is C=C(C)/C=C(/C)N/C(N)=C\C=N. The zero-order valence-corrected chi connectivity index (χ0v) is 7.52. The fourth-order valence-corrected chi connectivity index (χ4v) is 0.765. The van der Waals surface area contributed by atoms with E-state index in [1.165, 1.54) is 6.08 Å². The summed E-state index contributed by atoms with van der Waals surface area (Å²) in [5.74, 6) is 0.458. The summed E-state index contributed by atoms with van der Waals surface area (Å²) in [5.41, 5.74) is 7.36. The standard InChI is InChI=1S/C9H15N3/c1-7(2)6-8(3)12-9(11)4-5-10/h4-6,10,12H,1,11H2,2-3H3/b8-6-,9-4-,10-5?. The van der Waals surface area contributed by atoms with E-state index < -0.39 is 0 Å². The van der Waals surface area contributed by atoms with E-state index in [-0.39, 0.29) is 0 Å². The highest BCUT2D eigenvalue weighted by atomic mass is 15.0. The molecule has 0 saturated carbocycles. The van der Waals surface area contributed by atoms with Crippen LogP contribution in [0.15, 0.2) is 35.8 Å². The predicted molar refractivity (Wildman–Crippen MR) is 52.8 cm³/mol. The molecule has 0 aliphatic rings. The van der Waals surface area contributed by atoms with E-state index in [9.17, 15) is 0 Å². The van der Waals surface area contributed by atoms with Gasteiger partial charge in [-0.25, -0.2) is 0 Å². The third kappa shape index (κ3) is 5.29. The van der Waals surface area contributed by atoms with Gasteiger partial charge in [-0.05, 0) is 26.0 Å². The highest BCUT2D eigenvalue weighted by Gasteiger charge is 1.88. The lowest BCUT2D eigenvalue weighted by molar-refractivity contribution is 0.947. The molecule has 0 fully saturated rings. The highest BCUT2D eigenvalue weighted by molar-refractivity contribution is 5.68. The first kappa shape index (κ1) is 10.5. The largest absolute Gasteiger partial charge is 0.385 e. The number of hydrogen-bond acceptors (Lipinski definition) is 3. The van der Waals surface area contributed by atoms with Gasteiger partial charge in [0.15, 0.2) is 0 Å². The number of allylic oxidation sites excluding steroid dienone is 4. The zero-order chi connectivity index (χ0) is 9.56. The number of rotatable bonds is 4. The molecule has 0 amide bonds. The van der Waals surface area contributed by atoms with E-state index in [0.29, 0.717) is 5.82 Å². The molecule has 4 N–H and O–H groups in total. The van der Waals surface area contributed by atoms with Crippen LogP contribution in [0.25, 0.3) is 0 Å². The van der Waals surface area contributed by atoms with E-state index in [0.717, 1.165) is 17.5 Å². The summed E-state index contributed by atoms with van der Waals surface area (Å²) >= 11 is 0. The Bertz CT molecular complexity index is 236. The van der Waals surface area contributed by atoms with Gasteiger partial charge in [0.25, 0.3) is 0 Å². The third-order valence-corrected chi connectivity index (χ3v) is 1.07. The molecule has 12 heavy (non-hydrogen) atoms. The molecule has 0 aliphatic carbocycles. The van der Waals surface area contributed by atoms with E-state index in [2.05, 4.69) is 11.9 Å². The normalized spacial score (nSPS) is 12.5. The first-order valence-electron chi connectivity index (χ1n) is 3.63. The van der Waals surface area contributed by atoms with Gasteiger partial charge in [0.2, 0.25) is 0 Å². The van der Waals surface area contributed by atoms with E-state index in [1.54, 1.807) is 0 Å². The van der Waals surface area contributed by atoms with Crippen molar-refractivity contribution < 1.29 is 0 Å². The second-order valence-corrected chi connectivity index (χ2v) is 2.59. The average Bonchev–Trinajstić information content (AvgIpc) is 1.84. The molecule has 0 unspecified atom stereocenters. The molecule has 66 valence electrons. The summed E-state index contributed by atoms with van der Waals surface area (Å²) in [5, 5.41) is 9.66. The van der Waals surface area contributed by atoms with Crippen LogP contribution in [-0.4, -0.2) is 6.21 Å². The summed E-state index contributed by atoms with van der Waals surface area (Å²) in [6.07, 6.45) is 4.50. The molecule has 0 spiro atoms. The van der Waals surface area contributed by atoms with Crippen LogP contribution in [0.2, 0.25) is 0 Å². The topological polar surface area (TPSA) is 61.9 Å². The van der Waals surface area contributed by atoms with Crippen LogP contribution in [0.4, 0.5) is 0 Å². The van der Waals surface area contributed by atoms with E-state index >= 15 is 0 Å². The van der Waals surface area contributed by atoms with Gasteiger partial charge in [-0.1, -0.05) is 12.2 Å². The minimum Gasteiger partial charge on any atom is -0.385 e. The molecule has 0 aromatic carbocycles. The fourth-order valence-electron chi connectivity index (χ4n) is 0.765. The summed E-state index contributed by atoms with van der Waals surface area (Å²) in [4.78, 5) is 0. The molecule has 0 radical (unpaired) electrons. The molecular weight excluding hydrogens is 150 g/mol. The van der Waals surface area contributed by atoms with Gasteiger partial charge in [0.1, 0.15) is 5.82 Å². The molecule has 0 aromatic heterocycles. The average molecular weight is 165 g/mol. The molecule has 0 heterocycles. The summed E-state index contributed by atoms with van der Waals surface area (Å²) in [7, 11) is 0. The quantitative estimate of drug-likeness (QED) is 0.436. The lowest BCUT2D eigenvalue weighted by Gasteiger charge is -2.04. The van der Waals surface area contributed by atoms with E-state index in [4.69, 9.17) is 11.1 Å². The Morgan fingerprint density at radius 1 is 1.50 bits per heavy atom. The van der Waals surface area contributed by atoms with Crippen LogP contribution in [0.5, 0.6) is 0 Å². The summed E-state index contributed by atoms with van der Waals surface area (Å²) < 4.78 is 0. The van der Waals surface area contributed by atoms with Gasteiger partial charge >= 0.3 is 0 Å². The maximum Gasteiger partial charge on any atom is 0.102 e. The summed E-state index contributed by atoms with van der Waals surface area (Å²) in [6.45, 7) is 7.52. The van der Waals surface area contributed by atoms with Crippen LogP contribution >= 0.6 is 0 Å². The van der Waals surface area contributed by atoms with Crippen molar-refractivity contribution >= 4 is 6.21 Å². The van der Waals surface area contributed by atoms with Gasteiger partial charge in [0.05, 0.1) is 0 Å². The molecular formula is C9H15N3. The monoisotopic (exact) mass is 165 g/mol. The van der Waals surface area contributed by atoms with Gasteiger partial charge in [0, 0.05) is 11.9 Å². The van der Waals surface area contributed by atoms with Crippen LogP contribution in [0.1, 0.15) is 13.8 Å². The van der Waals surface area contributed by atoms with Crippen LogP contribution in [0.3, 0.4) is 0 Å². The molecule has 0 rings (SSSR count). The Balaban J connectivity index is 4.17. The number of hydrogen-bond donors (Lipinski definition) is 3. The first-order chi connectivity index (χ1) is 5.56. The van der Waals surface area contributed by atoms with Crippen molar-refractivity contribution in [3.05, 3.63) is 35.8 Å². The molecule has 0 bridgehead atoms. The van der Waals surface area contributed by atoms with Gasteiger partial charge in [-0.15, -0.1) is 0 Å². The second-order valence-electron chi connectivity index (χ2n) is 2.59. The Kier molecular flexibility index (Phi) is 4.53. The third-order valence-electron chi connectivity index (χ3n) is 1.07. The Morgan fingerprint density at radius 2 is 2.08 bits per heavy atom. The Morgan fingerprint density at radius 3 is 2.50 bits per heavy atom. The molecule has 0 saturated heterocycles. The van der Waals surface area contributed by atoms with Gasteiger partial charge < -0.3 is 16.5 Å². The molecule has 0 atom stereocenters. The van der Waals surface area contributed by atoms with Crippen molar-refractivity contribution in [2.45, 2.75) is 13.8 Å². The maximum absolute atomic E-state index is 6.76. The van der Waals surface area contributed by atoms with E-state index in [1.807, 2.05) is 19.9 Å². The van der Waals surface area contributed by atoms with Crippen LogP contribution in [-0.2, 0) is 0 Å². The first-order valence-corrected chi connectivity index (χ1v) is 3.63. The molecule has 0 aliphatic heterocycles. The minimum atomic E-state index is 0.458. The number of nitrogens with one attached hydrogen (secondary N) is 2. The Hall–Kier alpha value is -1.51. The maximum atomic E-state index is 6.76. The fraction of sp³-hybridized carbons (Fsp3) is 0.222. The number of nitrogens with two attached hydrogens (primary N) is 1. The Labute approximate surface area is 73.2 Å². The lowest BCUT2D eigenvalue weighted by Crippen LogP contribution is -2.18. The van der Waals surface area contributed by atoms with Crippen molar-refractivity contribution in [1.29, 1.82) is 5.41 Å². The zero-order valence-electron chi connectivity index (χ0n) is 7.52. The van der Waals surface area contributed by atoms with Crippen LogP contribution in [0, 0.1) is 5.41 Å².